The third kappa shape index (κ3) is 3.23. The molecule has 5 heterocycles. The van der Waals surface area contributed by atoms with Gasteiger partial charge in [-0.2, -0.15) is 10.1 Å². The van der Waals surface area contributed by atoms with E-state index < -0.39 is 0 Å². The zero-order valence-electron chi connectivity index (χ0n) is 20.6. The average molecular weight is 505 g/mol. The maximum atomic E-state index is 14.3. The molecule has 0 aliphatic carbocycles. The van der Waals surface area contributed by atoms with Gasteiger partial charge in [0.25, 0.3) is 11.5 Å². The van der Waals surface area contributed by atoms with E-state index in [1.807, 2.05) is 77.8 Å². The monoisotopic (exact) mass is 504 g/mol. The lowest BCUT2D eigenvalue weighted by atomic mass is 9.88. The van der Waals surface area contributed by atoms with Gasteiger partial charge in [0.1, 0.15) is 16.9 Å². The molecule has 3 N–H and O–H groups in total. The van der Waals surface area contributed by atoms with Crippen LogP contribution in [0.2, 0.25) is 0 Å². The molecule has 5 aromatic rings. The SMILES string of the molecule is C[C@H]1CN(c2nc(N)nc3c2C(=O)NC3)C1c1nn2ccc(-c3ccccc3)c2c(=O)n1-c1ccccc1. The van der Waals surface area contributed by atoms with Gasteiger partial charge in [0.05, 0.1) is 24.0 Å². The van der Waals surface area contributed by atoms with E-state index in [9.17, 15) is 9.59 Å². The predicted molar refractivity (Wildman–Crippen MR) is 143 cm³/mol. The number of amides is 1. The van der Waals surface area contributed by atoms with E-state index in [-0.39, 0.29) is 29.4 Å². The summed E-state index contributed by atoms with van der Waals surface area (Å²) in [7, 11) is 0. The number of anilines is 2. The Bertz CT molecular complexity index is 1780. The molecule has 38 heavy (non-hydrogen) atoms. The van der Waals surface area contributed by atoms with Crippen LogP contribution in [0.4, 0.5) is 11.8 Å². The number of nitrogens with two attached hydrogens (primary N) is 1. The number of fused-ring (bicyclic) bond motifs is 2. The molecule has 1 fully saturated rings. The van der Waals surface area contributed by atoms with Gasteiger partial charge in [-0.25, -0.2) is 9.50 Å². The molecule has 2 atom stereocenters. The van der Waals surface area contributed by atoms with E-state index in [2.05, 4.69) is 22.2 Å². The molecular formula is C28H24N8O2. The largest absolute Gasteiger partial charge is 0.368 e. The van der Waals surface area contributed by atoms with E-state index in [0.717, 1.165) is 11.1 Å². The minimum atomic E-state index is -0.318. The summed E-state index contributed by atoms with van der Waals surface area (Å²) in [5.41, 5.74) is 9.83. The number of carbonyl (C=O) groups excluding carboxylic acids is 1. The number of nitrogens with one attached hydrogen (secondary N) is 1. The summed E-state index contributed by atoms with van der Waals surface area (Å²) in [6, 6.07) is 20.9. The molecule has 3 aromatic heterocycles. The summed E-state index contributed by atoms with van der Waals surface area (Å²) >= 11 is 0. The van der Waals surface area contributed by atoms with Crippen molar-refractivity contribution in [2.45, 2.75) is 19.5 Å². The van der Waals surface area contributed by atoms with E-state index in [0.29, 0.717) is 47.2 Å². The highest BCUT2D eigenvalue weighted by Crippen LogP contribution is 2.43. The number of benzene rings is 2. The molecule has 0 saturated carbocycles. The summed E-state index contributed by atoms with van der Waals surface area (Å²) in [6.07, 6.45) is 1.82. The van der Waals surface area contributed by atoms with Crippen LogP contribution in [0.1, 0.15) is 34.8 Å². The quantitative estimate of drug-likeness (QED) is 0.386. The Hall–Kier alpha value is -4.99. The van der Waals surface area contributed by atoms with Gasteiger partial charge in [-0.15, -0.1) is 0 Å². The lowest BCUT2D eigenvalue weighted by molar-refractivity contribution is 0.0965. The molecule has 0 spiro atoms. The van der Waals surface area contributed by atoms with Crippen molar-refractivity contribution in [2.24, 2.45) is 5.92 Å². The second kappa shape index (κ2) is 8.27. The summed E-state index contributed by atoms with van der Waals surface area (Å²) in [5, 5.41) is 7.82. The van der Waals surface area contributed by atoms with Crippen LogP contribution in [-0.2, 0) is 6.54 Å². The first kappa shape index (κ1) is 22.2. The van der Waals surface area contributed by atoms with Gasteiger partial charge < -0.3 is 16.0 Å². The first-order valence-corrected chi connectivity index (χ1v) is 12.5. The van der Waals surface area contributed by atoms with Crippen molar-refractivity contribution in [1.82, 2.24) is 29.5 Å². The third-order valence-electron chi connectivity index (χ3n) is 7.33. The highest BCUT2D eigenvalue weighted by molar-refractivity contribution is 6.02. The van der Waals surface area contributed by atoms with Crippen LogP contribution in [-0.4, -0.2) is 36.6 Å². The summed E-state index contributed by atoms with van der Waals surface area (Å²) in [4.78, 5) is 37.7. The van der Waals surface area contributed by atoms with Gasteiger partial charge in [-0.1, -0.05) is 55.5 Å². The Morgan fingerprint density at radius 2 is 1.71 bits per heavy atom. The van der Waals surface area contributed by atoms with Crippen LogP contribution in [0.25, 0.3) is 22.3 Å². The fourth-order valence-electron chi connectivity index (χ4n) is 5.59. The van der Waals surface area contributed by atoms with Crippen LogP contribution in [0.15, 0.2) is 77.7 Å². The number of carbonyl (C=O) groups is 1. The van der Waals surface area contributed by atoms with E-state index >= 15 is 0 Å². The smallest absolute Gasteiger partial charge is 0.283 e. The summed E-state index contributed by atoms with van der Waals surface area (Å²) in [5.74, 6) is 1.05. The highest BCUT2D eigenvalue weighted by Gasteiger charge is 2.44. The lowest BCUT2D eigenvalue weighted by Gasteiger charge is -2.47. The van der Waals surface area contributed by atoms with Crippen LogP contribution in [0, 0.1) is 5.92 Å². The zero-order valence-corrected chi connectivity index (χ0v) is 20.6. The van der Waals surface area contributed by atoms with Crippen LogP contribution >= 0.6 is 0 Å². The topological polar surface area (TPSA) is 123 Å². The first-order chi connectivity index (χ1) is 18.5. The molecule has 1 saturated heterocycles. The van der Waals surface area contributed by atoms with Crippen molar-refractivity contribution in [3.63, 3.8) is 0 Å². The fourth-order valence-corrected chi connectivity index (χ4v) is 5.59. The number of hydrogen-bond donors (Lipinski definition) is 2. The summed E-state index contributed by atoms with van der Waals surface area (Å²) < 4.78 is 3.34. The maximum Gasteiger partial charge on any atom is 0.283 e. The van der Waals surface area contributed by atoms with Crippen molar-refractivity contribution in [2.75, 3.05) is 17.2 Å². The van der Waals surface area contributed by atoms with Crippen molar-refractivity contribution < 1.29 is 4.79 Å². The molecule has 7 rings (SSSR count). The van der Waals surface area contributed by atoms with Crippen molar-refractivity contribution in [3.8, 4) is 16.8 Å². The zero-order chi connectivity index (χ0) is 26.0. The molecule has 2 aromatic carbocycles. The first-order valence-electron chi connectivity index (χ1n) is 12.5. The summed E-state index contributed by atoms with van der Waals surface area (Å²) in [6.45, 7) is 3.04. The van der Waals surface area contributed by atoms with Crippen molar-refractivity contribution >= 4 is 23.2 Å². The fraction of sp³-hybridized carbons (Fsp3) is 0.179. The average Bonchev–Trinajstić information content (AvgIpc) is 3.51. The Labute approximate surface area is 217 Å². The highest BCUT2D eigenvalue weighted by atomic mass is 16.2. The Morgan fingerprint density at radius 3 is 2.45 bits per heavy atom. The second-order valence-electron chi connectivity index (χ2n) is 9.71. The number of rotatable bonds is 4. The Kier molecular flexibility index (Phi) is 4.84. The third-order valence-corrected chi connectivity index (χ3v) is 7.33. The molecule has 10 nitrogen and oxygen atoms in total. The number of hydrogen-bond acceptors (Lipinski definition) is 7. The molecule has 10 heteroatoms. The number of aromatic nitrogens is 5. The van der Waals surface area contributed by atoms with E-state index in [4.69, 9.17) is 10.8 Å². The molecule has 2 aliphatic heterocycles. The van der Waals surface area contributed by atoms with Crippen molar-refractivity contribution in [3.05, 3.63) is 100 Å². The van der Waals surface area contributed by atoms with Crippen LogP contribution in [0.3, 0.4) is 0 Å². The van der Waals surface area contributed by atoms with E-state index in [1.165, 1.54) is 0 Å². The van der Waals surface area contributed by atoms with Gasteiger partial charge in [0.15, 0.2) is 5.82 Å². The Morgan fingerprint density at radius 1 is 0.974 bits per heavy atom. The van der Waals surface area contributed by atoms with Gasteiger partial charge in [0.2, 0.25) is 5.95 Å². The molecule has 0 bridgehead atoms. The number of para-hydroxylation sites is 1. The molecular weight excluding hydrogens is 480 g/mol. The maximum absolute atomic E-state index is 14.3. The predicted octanol–water partition coefficient (Wildman–Crippen LogP) is 2.97. The van der Waals surface area contributed by atoms with Gasteiger partial charge in [-0.05, 0) is 23.8 Å². The molecule has 0 radical (unpaired) electrons. The van der Waals surface area contributed by atoms with Crippen molar-refractivity contribution in [1.29, 1.82) is 0 Å². The van der Waals surface area contributed by atoms with Crippen LogP contribution in [0.5, 0.6) is 0 Å². The molecule has 1 unspecified atom stereocenters. The number of nitrogen functional groups attached to an aromatic ring is 1. The van der Waals surface area contributed by atoms with Gasteiger partial charge in [0, 0.05) is 24.2 Å². The lowest BCUT2D eigenvalue weighted by Crippen LogP contribution is -2.52. The Balaban J connectivity index is 1.46. The second-order valence-corrected chi connectivity index (χ2v) is 9.71. The molecule has 188 valence electrons. The van der Waals surface area contributed by atoms with E-state index in [1.54, 1.807) is 9.08 Å². The molecule has 2 aliphatic rings. The minimum absolute atomic E-state index is 0.107. The minimum Gasteiger partial charge on any atom is -0.368 e. The van der Waals surface area contributed by atoms with Gasteiger partial charge in [-0.3, -0.25) is 14.2 Å². The standard InChI is InChI=1S/C28H24N8O2/c1-16-15-34(24-21-20(14-30-26(21)37)31-28(29)32-24)22(16)25-33-35-13-12-19(17-8-4-2-5-9-17)23(35)27(38)36(25)18-10-6-3-7-11-18/h2-13,16,22H,14-15H2,1H3,(H,30,37)(H2,29,31,32)/t16-,22?/m0/s1. The molecule has 1 amide bonds. The van der Waals surface area contributed by atoms with Gasteiger partial charge >= 0.3 is 0 Å². The number of nitrogens with zero attached hydrogens (tertiary/aromatic N) is 6. The normalized spacial score (nSPS) is 18.3. The van der Waals surface area contributed by atoms with Crippen LogP contribution < -0.4 is 21.5 Å².